The van der Waals surface area contributed by atoms with Crippen LogP contribution >= 0.6 is 0 Å². The maximum atomic E-state index is 11.5. The molecule has 0 fully saturated rings. The number of rotatable bonds is 5. The number of para-hydroxylation sites is 1. The average molecular weight is 274 g/mol. The topological polar surface area (TPSA) is 103 Å². The van der Waals surface area contributed by atoms with Crippen LogP contribution in [0.4, 0.5) is 0 Å². The lowest BCUT2D eigenvalue weighted by atomic mass is 10.1. The van der Waals surface area contributed by atoms with E-state index < -0.39 is 18.0 Å². The Morgan fingerprint density at radius 1 is 1.40 bits per heavy atom. The van der Waals surface area contributed by atoms with Gasteiger partial charge in [0.15, 0.2) is 11.9 Å². The van der Waals surface area contributed by atoms with E-state index in [0.29, 0.717) is 17.3 Å². The van der Waals surface area contributed by atoms with E-state index in [0.717, 1.165) is 0 Å². The zero-order valence-electron chi connectivity index (χ0n) is 10.9. The van der Waals surface area contributed by atoms with Crippen molar-refractivity contribution in [2.75, 3.05) is 0 Å². The number of amides is 1. The Hall–Kier alpha value is -2.63. The SMILES string of the molecule is CCC(Oc1cnc2ccccc2c1C(=O)O)C(N)=O. The molecule has 1 atom stereocenters. The number of hydrogen-bond donors (Lipinski definition) is 2. The molecule has 1 unspecified atom stereocenters. The molecule has 104 valence electrons. The molecule has 1 aromatic heterocycles. The molecular formula is C14H14N2O4. The Labute approximate surface area is 115 Å². The molecule has 0 aliphatic carbocycles. The van der Waals surface area contributed by atoms with Crippen molar-refractivity contribution < 1.29 is 19.4 Å². The number of pyridine rings is 1. The molecule has 1 aromatic carbocycles. The van der Waals surface area contributed by atoms with Gasteiger partial charge in [0.1, 0.15) is 5.56 Å². The number of fused-ring (bicyclic) bond motifs is 1. The minimum atomic E-state index is -1.14. The second-order valence-electron chi connectivity index (χ2n) is 4.24. The van der Waals surface area contributed by atoms with Crippen molar-refractivity contribution in [2.24, 2.45) is 5.73 Å². The maximum Gasteiger partial charge on any atom is 0.340 e. The number of aromatic carboxylic acids is 1. The lowest BCUT2D eigenvalue weighted by Crippen LogP contribution is -2.33. The number of ether oxygens (including phenoxy) is 1. The van der Waals surface area contributed by atoms with Crippen molar-refractivity contribution in [1.82, 2.24) is 4.98 Å². The molecule has 2 aromatic rings. The Morgan fingerprint density at radius 3 is 2.70 bits per heavy atom. The van der Waals surface area contributed by atoms with Crippen LogP contribution in [-0.2, 0) is 4.79 Å². The predicted octanol–water partition coefficient (Wildman–Crippen LogP) is 1.58. The minimum Gasteiger partial charge on any atom is -0.478 e. The smallest absolute Gasteiger partial charge is 0.340 e. The highest BCUT2D eigenvalue weighted by Crippen LogP contribution is 2.27. The first-order valence-corrected chi connectivity index (χ1v) is 6.11. The molecular weight excluding hydrogens is 260 g/mol. The van der Waals surface area contributed by atoms with Crippen molar-refractivity contribution in [2.45, 2.75) is 19.4 Å². The maximum absolute atomic E-state index is 11.5. The summed E-state index contributed by atoms with van der Waals surface area (Å²) in [5.41, 5.74) is 5.73. The third-order valence-corrected chi connectivity index (χ3v) is 2.91. The summed E-state index contributed by atoms with van der Waals surface area (Å²) in [6.07, 6.45) is 0.773. The van der Waals surface area contributed by atoms with E-state index in [1.807, 2.05) is 0 Å². The monoisotopic (exact) mass is 274 g/mol. The van der Waals surface area contributed by atoms with Gasteiger partial charge in [0.05, 0.1) is 11.7 Å². The van der Waals surface area contributed by atoms with Gasteiger partial charge in [0.25, 0.3) is 5.91 Å². The van der Waals surface area contributed by atoms with Gasteiger partial charge >= 0.3 is 5.97 Å². The minimum absolute atomic E-state index is 0.0182. The molecule has 2 rings (SSSR count). The van der Waals surface area contributed by atoms with Crippen molar-refractivity contribution in [3.05, 3.63) is 36.0 Å². The summed E-state index contributed by atoms with van der Waals surface area (Å²) in [7, 11) is 0. The van der Waals surface area contributed by atoms with Crippen LogP contribution in [0.15, 0.2) is 30.5 Å². The van der Waals surface area contributed by atoms with Crippen LogP contribution in [0.25, 0.3) is 10.9 Å². The lowest BCUT2D eigenvalue weighted by Gasteiger charge is -2.16. The van der Waals surface area contributed by atoms with Crippen LogP contribution in [0.1, 0.15) is 23.7 Å². The highest BCUT2D eigenvalue weighted by Gasteiger charge is 2.21. The van der Waals surface area contributed by atoms with E-state index in [1.165, 1.54) is 6.20 Å². The number of aromatic nitrogens is 1. The normalized spacial score (nSPS) is 12.1. The Kier molecular flexibility index (Phi) is 3.84. The Bertz CT molecular complexity index is 669. The van der Waals surface area contributed by atoms with Gasteiger partial charge in [-0.05, 0) is 12.5 Å². The van der Waals surface area contributed by atoms with Crippen molar-refractivity contribution in [1.29, 1.82) is 0 Å². The first-order chi connectivity index (χ1) is 9.54. The number of nitrogens with zero attached hydrogens (tertiary/aromatic N) is 1. The molecule has 0 saturated carbocycles. The van der Waals surface area contributed by atoms with Crippen LogP contribution < -0.4 is 10.5 Å². The second kappa shape index (κ2) is 5.56. The molecule has 0 aliphatic rings. The van der Waals surface area contributed by atoms with Gasteiger partial charge in [-0.2, -0.15) is 0 Å². The van der Waals surface area contributed by atoms with E-state index in [-0.39, 0.29) is 11.3 Å². The van der Waals surface area contributed by atoms with Gasteiger partial charge in [-0.3, -0.25) is 9.78 Å². The molecule has 1 amide bonds. The fourth-order valence-corrected chi connectivity index (χ4v) is 1.93. The van der Waals surface area contributed by atoms with Crippen LogP contribution in [0.2, 0.25) is 0 Å². The van der Waals surface area contributed by atoms with Crippen molar-refractivity contribution in [3.8, 4) is 5.75 Å². The number of carboxylic acids is 1. The van der Waals surface area contributed by atoms with E-state index in [1.54, 1.807) is 31.2 Å². The van der Waals surface area contributed by atoms with Crippen molar-refractivity contribution >= 4 is 22.8 Å². The summed E-state index contributed by atoms with van der Waals surface area (Å²) in [6, 6.07) is 6.83. The first kappa shape index (κ1) is 13.8. The summed E-state index contributed by atoms with van der Waals surface area (Å²) in [4.78, 5) is 26.8. The van der Waals surface area contributed by atoms with Gasteiger partial charge in [-0.25, -0.2) is 4.79 Å². The fourth-order valence-electron chi connectivity index (χ4n) is 1.93. The molecule has 0 saturated heterocycles. The zero-order valence-corrected chi connectivity index (χ0v) is 10.9. The van der Waals surface area contributed by atoms with Crippen LogP contribution in [0.5, 0.6) is 5.75 Å². The molecule has 0 aliphatic heterocycles. The van der Waals surface area contributed by atoms with Gasteiger partial charge in [0, 0.05) is 5.39 Å². The second-order valence-corrected chi connectivity index (χ2v) is 4.24. The molecule has 20 heavy (non-hydrogen) atoms. The molecule has 3 N–H and O–H groups in total. The largest absolute Gasteiger partial charge is 0.478 e. The quantitative estimate of drug-likeness (QED) is 0.861. The molecule has 0 radical (unpaired) electrons. The Balaban J connectivity index is 2.55. The molecule has 0 bridgehead atoms. The number of carbonyl (C=O) groups excluding carboxylic acids is 1. The van der Waals surface area contributed by atoms with E-state index >= 15 is 0 Å². The number of benzene rings is 1. The molecule has 1 heterocycles. The van der Waals surface area contributed by atoms with Gasteiger partial charge in [0.2, 0.25) is 0 Å². The van der Waals surface area contributed by atoms with Crippen LogP contribution in [0, 0.1) is 0 Å². The number of nitrogens with two attached hydrogens (primary N) is 1. The lowest BCUT2D eigenvalue weighted by molar-refractivity contribution is -0.124. The van der Waals surface area contributed by atoms with E-state index in [2.05, 4.69) is 4.98 Å². The molecule has 6 nitrogen and oxygen atoms in total. The van der Waals surface area contributed by atoms with Crippen LogP contribution in [0.3, 0.4) is 0 Å². The van der Waals surface area contributed by atoms with E-state index in [9.17, 15) is 14.7 Å². The van der Waals surface area contributed by atoms with Gasteiger partial charge in [-0.15, -0.1) is 0 Å². The number of primary amides is 1. The third kappa shape index (κ3) is 2.54. The summed E-state index contributed by atoms with van der Waals surface area (Å²) in [6.45, 7) is 1.73. The highest BCUT2D eigenvalue weighted by molar-refractivity contribution is 6.05. The summed E-state index contributed by atoms with van der Waals surface area (Å²) in [5, 5.41) is 9.82. The van der Waals surface area contributed by atoms with Gasteiger partial charge < -0.3 is 15.6 Å². The first-order valence-electron chi connectivity index (χ1n) is 6.11. The zero-order chi connectivity index (χ0) is 14.7. The molecule has 0 spiro atoms. The predicted molar refractivity (Wildman–Crippen MR) is 72.6 cm³/mol. The average Bonchev–Trinajstić information content (AvgIpc) is 2.43. The number of carboxylic acid groups (broad SMARTS) is 1. The molecule has 6 heteroatoms. The number of hydrogen-bond acceptors (Lipinski definition) is 4. The fraction of sp³-hybridized carbons (Fsp3) is 0.214. The highest BCUT2D eigenvalue weighted by atomic mass is 16.5. The summed E-state index contributed by atoms with van der Waals surface area (Å²) in [5.74, 6) is -1.74. The Morgan fingerprint density at radius 2 is 2.10 bits per heavy atom. The standard InChI is InChI=1S/C14H14N2O4/c1-2-10(13(15)17)20-11-7-16-9-6-4-3-5-8(9)12(11)14(18)19/h3-7,10H,2H2,1H3,(H2,15,17)(H,18,19). The number of carbonyl (C=O) groups is 2. The summed E-state index contributed by atoms with van der Waals surface area (Å²) >= 11 is 0. The van der Waals surface area contributed by atoms with E-state index in [4.69, 9.17) is 10.5 Å². The van der Waals surface area contributed by atoms with Crippen molar-refractivity contribution in [3.63, 3.8) is 0 Å². The van der Waals surface area contributed by atoms with Crippen LogP contribution in [-0.4, -0.2) is 28.1 Å². The summed E-state index contributed by atoms with van der Waals surface area (Å²) < 4.78 is 5.41. The third-order valence-electron chi connectivity index (χ3n) is 2.91. The van der Waals surface area contributed by atoms with Gasteiger partial charge in [-0.1, -0.05) is 25.1 Å².